The van der Waals surface area contributed by atoms with E-state index in [0.29, 0.717) is 19.4 Å². The van der Waals surface area contributed by atoms with Crippen LogP contribution in [0, 0.1) is 17.8 Å². The lowest BCUT2D eigenvalue weighted by Gasteiger charge is -2.37. The van der Waals surface area contributed by atoms with Crippen LogP contribution in [0.25, 0.3) is 0 Å². The Bertz CT molecular complexity index is 341. The molecule has 0 bridgehead atoms. The highest BCUT2D eigenvalue weighted by molar-refractivity contribution is 5.04. The zero-order valence-electron chi connectivity index (χ0n) is 11.9. The van der Waals surface area contributed by atoms with Crippen LogP contribution in [0.1, 0.15) is 32.6 Å². The highest BCUT2D eigenvalue weighted by Crippen LogP contribution is 2.50. The molecule has 0 aromatic rings. The largest absolute Gasteiger partial charge is 0.396 e. The summed E-state index contributed by atoms with van der Waals surface area (Å²) in [6, 6.07) is 0. The smallest absolute Gasteiger partial charge is 0.152 e. The van der Waals surface area contributed by atoms with Crippen molar-refractivity contribution in [2.75, 3.05) is 13.2 Å². The van der Waals surface area contributed by atoms with Crippen LogP contribution in [-0.4, -0.2) is 49.0 Å². The SMILES string of the molecule is CCOC1CCC2C3CCC(CO)C(F)C3OC2C1F. The van der Waals surface area contributed by atoms with E-state index >= 15 is 0 Å². The maximum Gasteiger partial charge on any atom is 0.152 e. The molecule has 3 rings (SSSR count). The van der Waals surface area contributed by atoms with Gasteiger partial charge in [-0.2, -0.15) is 0 Å². The van der Waals surface area contributed by atoms with Crippen LogP contribution in [0.5, 0.6) is 0 Å². The van der Waals surface area contributed by atoms with Gasteiger partial charge in [0.25, 0.3) is 0 Å². The van der Waals surface area contributed by atoms with Crippen LogP contribution < -0.4 is 0 Å². The van der Waals surface area contributed by atoms with E-state index in [9.17, 15) is 13.9 Å². The van der Waals surface area contributed by atoms with Crippen LogP contribution in [0.4, 0.5) is 8.78 Å². The number of aliphatic hydroxyl groups excluding tert-OH is 1. The minimum Gasteiger partial charge on any atom is -0.396 e. The number of ether oxygens (including phenoxy) is 2. The molecule has 0 radical (unpaired) electrons. The highest BCUT2D eigenvalue weighted by atomic mass is 19.1. The van der Waals surface area contributed by atoms with Crippen molar-refractivity contribution >= 4 is 0 Å². The first-order valence-corrected chi connectivity index (χ1v) is 7.83. The third kappa shape index (κ3) is 2.28. The number of hydrogen-bond donors (Lipinski definition) is 1. The second kappa shape index (κ2) is 5.85. The maximum absolute atomic E-state index is 14.5. The molecule has 2 saturated carbocycles. The van der Waals surface area contributed by atoms with Crippen LogP contribution in [0.2, 0.25) is 0 Å². The second-order valence-electron chi connectivity index (χ2n) is 6.37. The van der Waals surface area contributed by atoms with Crippen LogP contribution in [0.15, 0.2) is 0 Å². The lowest BCUT2D eigenvalue weighted by molar-refractivity contribution is -0.119. The molecular formula is C15H24F2O3. The summed E-state index contributed by atoms with van der Waals surface area (Å²) in [7, 11) is 0. The number of hydrogen-bond acceptors (Lipinski definition) is 3. The summed E-state index contributed by atoms with van der Waals surface area (Å²) in [6.45, 7) is 2.20. The Morgan fingerprint density at radius 3 is 2.35 bits per heavy atom. The first kappa shape index (κ1) is 14.7. The van der Waals surface area contributed by atoms with E-state index in [2.05, 4.69) is 0 Å². The molecule has 8 unspecified atom stereocenters. The predicted molar refractivity (Wildman–Crippen MR) is 69.9 cm³/mol. The molecule has 8 atom stereocenters. The van der Waals surface area contributed by atoms with Crippen LogP contribution in [0.3, 0.4) is 0 Å². The molecule has 1 saturated heterocycles. The van der Waals surface area contributed by atoms with E-state index in [4.69, 9.17) is 9.47 Å². The third-order valence-corrected chi connectivity index (χ3v) is 5.41. The van der Waals surface area contributed by atoms with Gasteiger partial charge in [0, 0.05) is 19.1 Å². The minimum absolute atomic E-state index is 0.110. The molecule has 3 nitrogen and oxygen atoms in total. The first-order chi connectivity index (χ1) is 9.67. The van der Waals surface area contributed by atoms with Crippen molar-refractivity contribution in [2.24, 2.45) is 17.8 Å². The number of aliphatic hydroxyl groups is 1. The standard InChI is InChI=1S/C15H24F2O3/c1-2-19-11-6-5-10-9-4-3-8(7-18)12(16)14(9)20-15(10)13(11)17/h8-15,18H,2-7H2,1H3. The molecule has 0 aromatic heterocycles. The van der Waals surface area contributed by atoms with Gasteiger partial charge in [0.2, 0.25) is 0 Å². The second-order valence-corrected chi connectivity index (χ2v) is 6.37. The number of rotatable bonds is 3. The van der Waals surface area contributed by atoms with Gasteiger partial charge in [0.15, 0.2) is 6.17 Å². The quantitative estimate of drug-likeness (QED) is 0.866. The van der Waals surface area contributed by atoms with E-state index in [-0.39, 0.29) is 24.4 Å². The average Bonchev–Trinajstić information content (AvgIpc) is 2.83. The van der Waals surface area contributed by atoms with Crippen molar-refractivity contribution in [2.45, 2.75) is 63.3 Å². The van der Waals surface area contributed by atoms with Gasteiger partial charge in [-0.05, 0) is 44.4 Å². The Balaban J connectivity index is 1.73. The molecule has 0 aromatic carbocycles. The Kier molecular flexibility index (Phi) is 4.29. The molecule has 1 heterocycles. The van der Waals surface area contributed by atoms with Gasteiger partial charge in [-0.1, -0.05) is 0 Å². The molecule has 2 aliphatic carbocycles. The summed E-state index contributed by atoms with van der Waals surface area (Å²) in [5, 5.41) is 9.21. The highest BCUT2D eigenvalue weighted by Gasteiger charge is 2.56. The molecule has 1 aliphatic heterocycles. The van der Waals surface area contributed by atoms with Gasteiger partial charge in [-0.3, -0.25) is 0 Å². The monoisotopic (exact) mass is 290 g/mol. The number of halogens is 2. The van der Waals surface area contributed by atoms with Gasteiger partial charge in [-0.25, -0.2) is 8.78 Å². The van der Waals surface area contributed by atoms with E-state index < -0.39 is 30.7 Å². The van der Waals surface area contributed by atoms with Crippen molar-refractivity contribution in [3.05, 3.63) is 0 Å². The fourth-order valence-corrected chi connectivity index (χ4v) is 4.39. The Hall–Kier alpha value is -0.260. The first-order valence-electron chi connectivity index (χ1n) is 7.83. The molecule has 116 valence electrons. The molecule has 0 amide bonds. The van der Waals surface area contributed by atoms with E-state index in [0.717, 1.165) is 12.8 Å². The van der Waals surface area contributed by atoms with Crippen molar-refractivity contribution in [1.29, 1.82) is 0 Å². The van der Waals surface area contributed by atoms with Gasteiger partial charge in [-0.15, -0.1) is 0 Å². The molecule has 3 fully saturated rings. The lowest BCUT2D eigenvalue weighted by atomic mass is 9.69. The summed E-state index contributed by atoms with van der Waals surface area (Å²) in [5.74, 6) is -0.125. The van der Waals surface area contributed by atoms with E-state index in [1.54, 1.807) is 0 Å². The zero-order valence-corrected chi connectivity index (χ0v) is 11.9. The normalized spacial score (nSPS) is 51.6. The Morgan fingerprint density at radius 2 is 1.70 bits per heavy atom. The Morgan fingerprint density at radius 1 is 1.05 bits per heavy atom. The van der Waals surface area contributed by atoms with Crippen molar-refractivity contribution < 1.29 is 23.4 Å². The van der Waals surface area contributed by atoms with Gasteiger partial charge < -0.3 is 14.6 Å². The fourth-order valence-electron chi connectivity index (χ4n) is 4.39. The summed E-state index contributed by atoms with van der Waals surface area (Å²) in [5.41, 5.74) is 0. The molecule has 0 spiro atoms. The van der Waals surface area contributed by atoms with Crippen LogP contribution in [-0.2, 0) is 9.47 Å². The van der Waals surface area contributed by atoms with Crippen LogP contribution >= 0.6 is 0 Å². The average molecular weight is 290 g/mol. The predicted octanol–water partition coefficient (Wildman–Crippen LogP) is 2.26. The molecule has 1 N–H and O–H groups in total. The van der Waals surface area contributed by atoms with Crippen molar-refractivity contribution in [3.63, 3.8) is 0 Å². The molecule has 5 heteroatoms. The number of fused-ring (bicyclic) bond motifs is 3. The lowest BCUT2D eigenvalue weighted by Crippen LogP contribution is -2.44. The third-order valence-electron chi connectivity index (χ3n) is 5.41. The fraction of sp³-hybridized carbons (Fsp3) is 1.00. The van der Waals surface area contributed by atoms with Gasteiger partial charge in [0.1, 0.15) is 6.17 Å². The minimum atomic E-state index is -1.16. The topological polar surface area (TPSA) is 38.7 Å². The summed E-state index contributed by atoms with van der Waals surface area (Å²) < 4.78 is 40.1. The van der Waals surface area contributed by atoms with Crippen molar-refractivity contribution in [1.82, 2.24) is 0 Å². The van der Waals surface area contributed by atoms with E-state index in [1.165, 1.54) is 0 Å². The zero-order chi connectivity index (χ0) is 14.3. The number of alkyl halides is 2. The molecule has 3 aliphatic rings. The molecule has 20 heavy (non-hydrogen) atoms. The molecular weight excluding hydrogens is 266 g/mol. The Labute approximate surface area is 118 Å². The van der Waals surface area contributed by atoms with E-state index in [1.807, 2.05) is 6.92 Å². The summed E-state index contributed by atoms with van der Waals surface area (Å²) in [6.07, 6.45) is -0.716. The summed E-state index contributed by atoms with van der Waals surface area (Å²) >= 11 is 0. The maximum atomic E-state index is 14.5. The van der Waals surface area contributed by atoms with Crippen molar-refractivity contribution in [3.8, 4) is 0 Å². The van der Waals surface area contributed by atoms with Gasteiger partial charge >= 0.3 is 0 Å². The van der Waals surface area contributed by atoms with Gasteiger partial charge in [0.05, 0.1) is 18.3 Å². The summed E-state index contributed by atoms with van der Waals surface area (Å²) in [4.78, 5) is 0.